The highest BCUT2D eigenvalue weighted by Crippen LogP contribution is 2.24. The molecule has 2 atom stereocenters. The lowest BCUT2D eigenvalue weighted by atomic mass is 10.0. The Morgan fingerprint density at radius 2 is 2.26 bits per heavy atom. The topological polar surface area (TPSA) is 41.1 Å². The number of nitrogens with zero attached hydrogens (tertiary/aromatic N) is 3. The van der Waals surface area contributed by atoms with E-state index in [1.807, 2.05) is 12.3 Å². The summed E-state index contributed by atoms with van der Waals surface area (Å²) in [5, 5.41) is 3.43. The number of anilines is 2. The lowest BCUT2D eigenvalue weighted by Gasteiger charge is -2.35. The average molecular weight is 262 g/mol. The van der Waals surface area contributed by atoms with Crippen LogP contribution in [-0.2, 0) is 0 Å². The number of nitrogens with one attached hydrogen (secondary N) is 1. The molecule has 1 aromatic rings. The van der Waals surface area contributed by atoms with E-state index in [-0.39, 0.29) is 0 Å². The van der Waals surface area contributed by atoms with Gasteiger partial charge in [0, 0.05) is 24.8 Å². The van der Waals surface area contributed by atoms with Crippen molar-refractivity contribution in [3.8, 4) is 0 Å². The van der Waals surface area contributed by atoms with Crippen LogP contribution in [0.25, 0.3) is 0 Å². The van der Waals surface area contributed by atoms with Gasteiger partial charge in [0.05, 0.1) is 0 Å². The van der Waals surface area contributed by atoms with E-state index in [4.69, 9.17) is 0 Å². The summed E-state index contributed by atoms with van der Waals surface area (Å²) >= 11 is 0. The summed E-state index contributed by atoms with van der Waals surface area (Å²) in [7, 11) is 0. The van der Waals surface area contributed by atoms with E-state index in [9.17, 15) is 0 Å². The Bertz CT molecular complexity index is 393. The Balaban J connectivity index is 2.12. The van der Waals surface area contributed by atoms with E-state index < -0.39 is 0 Å². The van der Waals surface area contributed by atoms with Gasteiger partial charge in [-0.15, -0.1) is 0 Å². The number of piperidine rings is 1. The second kappa shape index (κ2) is 6.73. The molecular formula is C15H26N4. The summed E-state index contributed by atoms with van der Waals surface area (Å²) in [4.78, 5) is 11.5. The molecule has 0 spiro atoms. The zero-order valence-corrected chi connectivity index (χ0v) is 12.4. The molecule has 106 valence electrons. The van der Waals surface area contributed by atoms with Gasteiger partial charge < -0.3 is 10.2 Å². The van der Waals surface area contributed by atoms with E-state index in [1.165, 1.54) is 25.7 Å². The standard InChI is InChI=1S/C15H26N4/c1-4-12(3)17-14-9-10-16-15(18-14)19-11-7-6-8-13(19)5-2/h9-10,12-13H,4-8,11H2,1-3H3,(H,16,17,18). The van der Waals surface area contributed by atoms with Crippen molar-refractivity contribution in [3.63, 3.8) is 0 Å². The first kappa shape index (κ1) is 14.1. The molecule has 0 saturated carbocycles. The zero-order valence-electron chi connectivity index (χ0n) is 12.4. The third-order valence-corrected chi connectivity index (χ3v) is 4.00. The smallest absolute Gasteiger partial charge is 0.227 e. The molecule has 0 bridgehead atoms. The van der Waals surface area contributed by atoms with Crippen LogP contribution >= 0.6 is 0 Å². The van der Waals surface area contributed by atoms with Crippen molar-refractivity contribution in [2.24, 2.45) is 0 Å². The molecule has 0 aromatic carbocycles. The summed E-state index contributed by atoms with van der Waals surface area (Å²) in [5.41, 5.74) is 0. The first-order valence-electron chi connectivity index (χ1n) is 7.60. The minimum atomic E-state index is 0.450. The molecule has 4 nitrogen and oxygen atoms in total. The highest BCUT2D eigenvalue weighted by atomic mass is 15.3. The van der Waals surface area contributed by atoms with Gasteiger partial charge in [-0.05, 0) is 45.1 Å². The molecular weight excluding hydrogens is 236 g/mol. The van der Waals surface area contributed by atoms with E-state index >= 15 is 0 Å². The maximum absolute atomic E-state index is 4.69. The Hall–Kier alpha value is -1.32. The van der Waals surface area contributed by atoms with Gasteiger partial charge in [-0.1, -0.05) is 13.8 Å². The molecule has 1 fully saturated rings. The van der Waals surface area contributed by atoms with Crippen molar-refractivity contribution in [2.75, 3.05) is 16.8 Å². The maximum atomic E-state index is 4.69. The van der Waals surface area contributed by atoms with E-state index in [1.54, 1.807) is 0 Å². The monoisotopic (exact) mass is 262 g/mol. The Morgan fingerprint density at radius 1 is 1.42 bits per heavy atom. The number of hydrogen-bond acceptors (Lipinski definition) is 4. The summed E-state index contributed by atoms with van der Waals surface area (Å²) in [5.74, 6) is 1.83. The maximum Gasteiger partial charge on any atom is 0.227 e. The second-order valence-electron chi connectivity index (χ2n) is 5.45. The van der Waals surface area contributed by atoms with E-state index in [0.29, 0.717) is 12.1 Å². The van der Waals surface area contributed by atoms with Gasteiger partial charge in [0.1, 0.15) is 5.82 Å². The van der Waals surface area contributed by atoms with Gasteiger partial charge in [-0.25, -0.2) is 4.98 Å². The molecule has 2 rings (SSSR count). The van der Waals surface area contributed by atoms with Crippen LogP contribution in [-0.4, -0.2) is 28.6 Å². The quantitative estimate of drug-likeness (QED) is 0.882. The lowest BCUT2D eigenvalue weighted by molar-refractivity contribution is 0.443. The molecule has 0 amide bonds. The minimum Gasteiger partial charge on any atom is -0.367 e. The second-order valence-corrected chi connectivity index (χ2v) is 5.45. The van der Waals surface area contributed by atoms with Crippen LogP contribution in [0.2, 0.25) is 0 Å². The number of aromatic nitrogens is 2. The fourth-order valence-electron chi connectivity index (χ4n) is 2.61. The molecule has 4 heteroatoms. The number of rotatable bonds is 5. The molecule has 2 heterocycles. The highest BCUT2D eigenvalue weighted by molar-refractivity contribution is 5.42. The summed E-state index contributed by atoms with van der Waals surface area (Å²) in [6.45, 7) is 7.70. The molecule has 1 N–H and O–H groups in total. The van der Waals surface area contributed by atoms with Crippen LogP contribution in [0.5, 0.6) is 0 Å². The largest absolute Gasteiger partial charge is 0.367 e. The molecule has 1 aromatic heterocycles. The lowest BCUT2D eigenvalue weighted by Crippen LogP contribution is -2.40. The molecule has 2 unspecified atom stereocenters. The first-order chi connectivity index (χ1) is 9.24. The van der Waals surface area contributed by atoms with Crippen LogP contribution in [0, 0.1) is 0 Å². The summed E-state index contributed by atoms with van der Waals surface area (Å²) in [6.07, 6.45) is 7.99. The fourth-order valence-corrected chi connectivity index (χ4v) is 2.61. The Labute approximate surface area is 116 Å². The van der Waals surface area contributed by atoms with Crippen molar-refractivity contribution < 1.29 is 0 Å². The fraction of sp³-hybridized carbons (Fsp3) is 0.733. The van der Waals surface area contributed by atoms with Crippen molar-refractivity contribution in [1.29, 1.82) is 0 Å². The molecule has 0 radical (unpaired) electrons. The molecule has 1 aliphatic heterocycles. The Morgan fingerprint density at radius 3 is 3.00 bits per heavy atom. The summed E-state index contributed by atoms with van der Waals surface area (Å²) < 4.78 is 0. The van der Waals surface area contributed by atoms with E-state index in [2.05, 4.69) is 41.0 Å². The highest BCUT2D eigenvalue weighted by Gasteiger charge is 2.23. The molecule has 19 heavy (non-hydrogen) atoms. The molecule has 1 aliphatic rings. The van der Waals surface area contributed by atoms with Crippen molar-refractivity contribution in [3.05, 3.63) is 12.3 Å². The number of hydrogen-bond donors (Lipinski definition) is 1. The molecule has 0 aliphatic carbocycles. The normalized spacial score (nSPS) is 21.2. The zero-order chi connectivity index (χ0) is 13.7. The van der Waals surface area contributed by atoms with Gasteiger partial charge >= 0.3 is 0 Å². The van der Waals surface area contributed by atoms with Crippen LogP contribution in [0.1, 0.15) is 52.9 Å². The average Bonchev–Trinajstić information content (AvgIpc) is 2.47. The van der Waals surface area contributed by atoms with Gasteiger partial charge in [-0.2, -0.15) is 4.98 Å². The third kappa shape index (κ3) is 3.58. The minimum absolute atomic E-state index is 0.450. The van der Waals surface area contributed by atoms with Crippen LogP contribution in [0.4, 0.5) is 11.8 Å². The third-order valence-electron chi connectivity index (χ3n) is 4.00. The van der Waals surface area contributed by atoms with Crippen LogP contribution in [0.3, 0.4) is 0 Å². The van der Waals surface area contributed by atoms with E-state index in [0.717, 1.165) is 24.7 Å². The SMILES string of the molecule is CCC(C)Nc1ccnc(N2CCCCC2CC)n1. The van der Waals surface area contributed by atoms with Crippen molar-refractivity contribution in [1.82, 2.24) is 9.97 Å². The van der Waals surface area contributed by atoms with Crippen LogP contribution < -0.4 is 10.2 Å². The van der Waals surface area contributed by atoms with Gasteiger partial charge in [-0.3, -0.25) is 0 Å². The predicted octanol–water partition coefficient (Wildman–Crippen LogP) is 3.46. The molecule has 1 saturated heterocycles. The van der Waals surface area contributed by atoms with Gasteiger partial charge in [0.15, 0.2) is 0 Å². The predicted molar refractivity (Wildman–Crippen MR) is 80.7 cm³/mol. The Kier molecular flexibility index (Phi) is 5.00. The van der Waals surface area contributed by atoms with Crippen molar-refractivity contribution >= 4 is 11.8 Å². The first-order valence-corrected chi connectivity index (χ1v) is 7.60. The van der Waals surface area contributed by atoms with Crippen molar-refractivity contribution in [2.45, 2.75) is 65.0 Å². The van der Waals surface area contributed by atoms with Gasteiger partial charge in [0.2, 0.25) is 5.95 Å². The van der Waals surface area contributed by atoms with Crippen LogP contribution in [0.15, 0.2) is 12.3 Å². The van der Waals surface area contributed by atoms with Gasteiger partial charge in [0.25, 0.3) is 0 Å². The summed E-state index contributed by atoms with van der Waals surface area (Å²) in [6, 6.07) is 3.01.